The van der Waals surface area contributed by atoms with Crippen LogP contribution >= 0.6 is 0 Å². The minimum atomic E-state index is -0.590. The van der Waals surface area contributed by atoms with E-state index in [2.05, 4.69) is 24.3 Å². The number of piperidine rings is 1. The van der Waals surface area contributed by atoms with Gasteiger partial charge in [-0.2, -0.15) is 5.10 Å². The third kappa shape index (κ3) is 6.85. The number of hydrogen-bond donors (Lipinski definition) is 1. The number of benzene rings is 2. The average Bonchev–Trinajstić information content (AvgIpc) is 3.37. The first-order valence-electron chi connectivity index (χ1n) is 13.7. The topological polar surface area (TPSA) is 129 Å². The monoisotopic (exact) mass is 563 g/mol. The van der Waals surface area contributed by atoms with E-state index in [4.69, 9.17) is 9.47 Å². The van der Waals surface area contributed by atoms with Crippen molar-refractivity contribution in [1.29, 1.82) is 0 Å². The van der Waals surface area contributed by atoms with E-state index in [9.17, 15) is 19.7 Å². The first-order chi connectivity index (χ1) is 19.4. The number of nitro groups is 1. The summed E-state index contributed by atoms with van der Waals surface area (Å²) in [4.78, 5) is 38.8. The molecule has 218 valence electrons. The maximum Gasteiger partial charge on any atom is 0.410 e. The number of anilines is 1. The smallest absolute Gasteiger partial charge is 0.410 e. The molecule has 2 amide bonds. The zero-order valence-electron chi connectivity index (χ0n) is 24.3. The Kier molecular flexibility index (Phi) is 8.65. The normalized spacial score (nSPS) is 14.2. The van der Waals surface area contributed by atoms with E-state index in [0.717, 1.165) is 5.69 Å². The molecular weight excluding hydrogens is 526 g/mol. The molecule has 1 aliphatic rings. The summed E-state index contributed by atoms with van der Waals surface area (Å²) in [5.41, 5.74) is 2.49. The third-order valence-electron chi connectivity index (χ3n) is 7.03. The zero-order valence-corrected chi connectivity index (χ0v) is 24.3. The van der Waals surface area contributed by atoms with Crippen molar-refractivity contribution < 1.29 is 24.0 Å². The molecule has 0 spiro atoms. The molecule has 1 aliphatic heterocycles. The van der Waals surface area contributed by atoms with Gasteiger partial charge in [0, 0.05) is 31.1 Å². The van der Waals surface area contributed by atoms with Gasteiger partial charge in [0.15, 0.2) is 0 Å². The quantitative estimate of drug-likeness (QED) is 0.265. The van der Waals surface area contributed by atoms with E-state index in [1.54, 1.807) is 9.58 Å². The van der Waals surface area contributed by atoms with Crippen molar-refractivity contribution in [1.82, 2.24) is 14.7 Å². The van der Waals surface area contributed by atoms with E-state index in [-0.39, 0.29) is 23.4 Å². The van der Waals surface area contributed by atoms with Crippen molar-refractivity contribution in [3.63, 3.8) is 0 Å². The number of ether oxygens (including phenoxy) is 2. The standard InChI is InChI=1S/C30H37N5O6/c1-19(2)20-7-9-22(10-8-20)34-27(21-13-15-33(16-14-21)29(37)41-30(3,4)5)24(18-31-34)28(36)32-25-17-23(35(38)39)11-12-26(25)40-6/h7-12,17-19,21H,13-16H2,1-6H3,(H,32,36). The molecule has 0 saturated carbocycles. The Hall–Kier alpha value is -4.41. The second-order valence-electron chi connectivity index (χ2n) is 11.4. The summed E-state index contributed by atoms with van der Waals surface area (Å²) in [6, 6.07) is 12.1. The Morgan fingerprint density at radius 3 is 2.32 bits per heavy atom. The number of rotatable bonds is 7. The van der Waals surface area contributed by atoms with Gasteiger partial charge in [0.1, 0.15) is 11.4 Å². The van der Waals surface area contributed by atoms with Crippen molar-refractivity contribution in [3.8, 4) is 11.4 Å². The number of methoxy groups -OCH3 is 1. The fraction of sp³-hybridized carbons (Fsp3) is 0.433. The van der Waals surface area contributed by atoms with E-state index < -0.39 is 16.4 Å². The van der Waals surface area contributed by atoms with Crippen LogP contribution in [0.3, 0.4) is 0 Å². The van der Waals surface area contributed by atoms with E-state index >= 15 is 0 Å². The van der Waals surface area contributed by atoms with Gasteiger partial charge in [-0.3, -0.25) is 14.9 Å². The van der Waals surface area contributed by atoms with Crippen LogP contribution in [0, 0.1) is 10.1 Å². The molecule has 0 radical (unpaired) electrons. The van der Waals surface area contributed by atoms with Gasteiger partial charge in [0.25, 0.3) is 11.6 Å². The predicted molar refractivity (Wildman–Crippen MR) is 155 cm³/mol. The number of amides is 2. The largest absolute Gasteiger partial charge is 0.495 e. The van der Waals surface area contributed by atoms with Crippen molar-refractivity contribution in [3.05, 3.63) is 75.6 Å². The molecule has 4 rings (SSSR count). The van der Waals surface area contributed by atoms with Gasteiger partial charge in [0.05, 0.1) is 40.9 Å². The number of hydrogen-bond acceptors (Lipinski definition) is 7. The van der Waals surface area contributed by atoms with Crippen LogP contribution in [-0.2, 0) is 4.74 Å². The van der Waals surface area contributed by atoms with Crippen LogP contribution in [0.5, 0.6) is 5.75 Å². The van der Waals surface area contributed by atoms with Crippen LogP contribution in [0.4, 0.5) is 16.2 Å². The number of aromatic nitrogens is 2. The number of likely N-dealkylation sites (tertiary alicyclic amines) is 1. The Bertz CT molecular complexity index is 1420. The van der Waals surface area contributed by atoms with Crippen molar-refractivity contribution in [2.24, 2.45) is 0 Å². The molecule has 0 bridgehead atoms. The van der Waals surface area contributed by atoms with Crippen LogP contribution in [-0.4, -0.2) is 57.4 Å². The number of nitro benzene ring substituents is 1. The molecular formula is C30H37N5O6. The molecule has 1 fully saturated rings. The molecule has 0 aliphatic carbocycles. The van der Waals surface area contributed by atoms with Crippen LogP contribution in [0.15, 0.2) is 48.7 Å². The summed E-state index contributed by atoms with van der Waals surface area (Å²) in [5, 5.41) is 18.7. The molecule has 41 heavy (non-hydrogen) atoms. The number of nitrogens with zero attached hydrogens (tertiary/aromatic N) is 4. The Balaban J connectivity index is 1.67. The minimum Gasteiger partial charge on any atom is -0.495 e. The summed E-state index contributed by atoms with van der Waals surface area (Å²) in [5.74, 6) is 0.129. The number of non-ortho nitro benzene ring substituents is 1. The van der Waals surface area contributed by atoms with Crippen molar-refractivity contribution in [2.45, 2.75) is 64.9 Å². The molecule has 1 aromatic heterocycles. The average molecular weight is 564 g/mol. The van der Waals surface area contributed by atoms with Crippen molar-refractivity contribution in [2.75, 3.05) is 25.5 Å². The molecule has 1 N–H and O–H groups in total. The van der Waals surface area contributed by atoms with Crippen LogP contribution in [0.1, 0.15) is 80.9 Å². The highest BCUT2D eigenvalue weighted by atomic mass is 16.6. The molecule has 3 aromatic rings. The SMILES string of the molecule is COc1ccc([N+](=O)[O-])cc1NC(=O)c1cnn(-c2ccc(C(C)C)cc2)c1C1CCN(C(=O)OC(C)(C)C)CC1. The van der Waals surface area contributed by atoms with E-state index in [1.165, 1.54) is 37.1 Å². The maximum absolute atomic E-state index is 13.7. The maximum atomic E-state index is 13.7. The van der Waals surface area contributed by atoms with E-state index in [0.29, 0.717) is 48.9 Å². The lowest BCUT2D eigenvalue weighted by atomic mass is 9.90. The van der Waals surface area contributed by atoms with Crippen LogP contribution < -0.4 is 10.1 Å². The number of carbonyl (C=O) groups is 2. The highest BCUT2D eigenvalue weighted by molar-refractivity contribution is 6.06. The van der Waals surface area contributed by atoms with Gasteiger partial charge < -0.3 is 19.7 Å². The van der Waals surface area contributed by atoms with Gasteiger partial charge in [-0.05, 0) is 63.3 Å². The van der Waals surface area contributed by atoms with Gasteiger partial charge in [-0.25, -0.2) is 9.48 Å². The summed E-state index contributed by atoms with van der Waals surface area (Å²) in [6.45, 7) is 10.7. The Labute approximate surface area is 239 Å². The first kappa shape index (κ1) is 29.6. The fourth-order valence-electron chi connectivity index (χ4n) is 4.89. The predicted octanol–water partition coefficient (Wildman–Crippen LogP) is 6.28. The third-order valence-corrected chi connectivity index (χ3v) is 7.03. The Morgan fingerprint density at radius 1 is 1.10 bits per heavy atom. The molecule has 11 nitrogen and oxygen atoms in total. The number of carbonyl (C=O) groups excluding carboxylic acids is 2. The van der Waals surface area contributed by atoms with Gasteiger partial charge >= 0.3 is 6.09 Å². The van der Waals surface area contributed by atoms with E-state index in [1.807, 2.05) is 45.0 Å². The number of nitrogens with one attached hydrogen (secondary N) is 1. The lowest BCUT2D eigenvalue weighted by molar-refractivity contribution is -0.384. The highest BCUT2D eigenvalue weighted by Gasteiger charge is 2.32. The lowest BCUT2D eigenvalue weighted by Crippen LogP contribution is -2.41. The van der Waals surface area contributed by atoms with Crippen LogP contribution in [0.25, 0.3) is 5.69 Å². The molecule has 1 saturated heterocycles. The summed E-state index contributed by atoms with van der Waals surface area (Å²) < 4.78 is 12.7. The van der Waals surface area contributed by atoms with Gasteiger partial charge in [-0.15, -0.1) is 0 Å². The molecule has 0 unspecified atom stereocenters. The summed E-state index contributed by atoms with van der Waals surface area (Å²) in [7, 11) is 1.43. The summed E-state index contributed by atoms with van der Waals surface area (Å²) in [6.07, 6.45) is 2.38. The Morgan fingerprint density at radius 2 is 1.76 bits per heavy atom. The van der Waals surface area contributed by atoms with Crippen molar-refractivity contribution >= 4 is 23.4 Å². The van der Waals surface area contributed by atoms with Gasteiger partial charge in [-0.1, -0.05) is 26.0 Å². The molecule has 11 heteroatoms. The highest BCUT2D eigenvalue weighted by Crippen LogP contribution is 2.35. The first-order valence-corrected chi connectivity index (χ1v) is 13.7. The lowest BCUT2D eigenvalue weighted by Gasteiger charge is -2.34. The molecule has 0 atom stereocenters. The second-order valence-corrected chi connectivity index (χ2v) is 11.4. The van der Waals surface area contributed by atoms with Gasteiger partial charge in [0.2, 0.25) is 0 Å². The molecule has 2 heterocycles. The van der Waals surface area contributed by atoms with Crippen LogP contribution in [0.2, 0.25) is 0 Å². The summed E-state index contributed by atoms with van der Waals surface area (Å²) >= 11 is 0. The minimum absolute atomic E-state index is 0.0753. The fourth-order valence-corrected chi connectivity index (χ4v) is 4.89. The molecule has 2 aromatic carbocycles. The second kappa shape index (κ2) is 12.0. The zero-order chi connectivity index (χ0) is 29.9.